The van der Waals surface area contributed by atoms with Crippen LogP contribution in [0.1, 0.15) is 33.2 Å². The van der Waals surface area contributed by atoms with Crippen LogP contribution in [0.2, 0.25) is 5.02 Å². The van der Waals surface area contributed by atoms with Crippen molar-refractivity contribution < 1.29 is 29.0 Å². The molecule has 1 aliphatic heterocycles. The molecule has 1 N–H and O–H groups in total. The number of amides is 1. The fourth-order valence-corrected chi connectivity index (χ4v) is 3.99. The van der Waals surface area contributed by atoms with Gasteiger partial charge in [-0.2, -0.15) is 0 Å². The largest absolute Gasteiger partial charge is 0.506 e. The Kier molecular flexibility index (Phi) is 7.50. The molecule has 0 aromatic heterocycles. The number of aliphatic imine (C=N–C) groups is 1. The van der Waals surface area contributed by atoms with Gasteiger partial charge in [-0.15, -0.1) is 0 Å². The van der Waals surface area contributed by atoms with Gasteiger partial charge in [0.25, 0.3) is 5.91 Å². The number of carbonyl (C=O) groups is 3. The summed E-state index contributed by atoms with van der Waals surface area (Å²) >= 11 is 7.02. The maximum Gasteiger partial charge on any atom is 0.344 e. The van der Waals surface area contributed by atoms with E-state index in [2.05, 4.69) is 9.73 Å². The van der Waals surface area contributed by atoms with Gasteiger partial charge in [0.1, 0.15) is 16.4 Å². The van der Waals surface area contributed by atoms with E-state index in [1.807, 2.05) is 0 Å². The molecule has 0 fully saturated rings. The summed E-state index contributed by atoms with van der Waals surface area (Å²) in [7, 11) is 1.29. The van der Waals surface area contributed by atoms with Gasteiger partial charge in [0.15, 0.2) is 0 Å². The van der Waals surface area contributed by atoms with E-state index in [4.69, 9.17) is 16.3 Å². The van der Waals surface area contributed by atoms with E-state index in [0.29, 0.717) is 16.0 Å². The molecule has 2 aromatic carbocycles. The standard InChI is InChI=1S/C23H18ClNO6S/c1-3-31-23(29)18-19(26)17(12-13-8-10-14(11-9-13)22(28)30-2)32-21(18)25-20(27)15-6-4-5-7-16(15)24/h4-12,26H,3H2,1-2H3/b17-12-,25-21?. The van der Waals surface area contributed by atoms with Gasteiger partial charge in [-0.05, 0) is 42.8 Å². The number of thioether (sulfide) groups is 1. The first kappa shape index (κ1) is 23.3. The van der Waals surface area contributed by atoms with Gasteiger partial charge in [0.2, 0.25) is 0 Å². The summed E-state index contributed by atoms with van der Waals surface area (Å²) in [5.74, 6) is -2.28. The van der Waals surface area contributed by atoms with Crippen LogP contribution in [0.15, 0.2) is 69.8 Å². The first-order chi connectivity index (χ1) is 15.3. The third-order valence-corrected chi connectivity index (χ3v) is 5.66. The molecule has 0 radical (unpaired) electrons. The first-order valence-electron chi connectivity index (χ1n) is 9.42. The maximum atomic E-state index is 12.6. The average molecular weight is 472 g/mol. The van der Waals surface area contributed by atoms with Gasteiger partial charge in [0, 0.05) is 0 Å². The topological polar surface area (TPSA) is 102 Å². The predicted octanol–water partition coefficient (Wildman–Crippen LogP) is 4.83. The van der Waals surface area contributed by atoms with Crippen molar-refractivity contribution in [2.45, 2.75) is 6.92 Å². The fourth-order valence-electron chi connectivity index (χ4n) is 2.76. The molecule has 9 heteroatoms. The molecule has 3 rings (SSSR count). The summed E-state index contributed by atoms with van der Waals surface area (Å²) in [5.41, 5.74) is 0.984. The van der Waals surface area contributed by atoms with E-state index >= 15 is 0 Å². The average Bonchev–Trinajstić information content (AvgIpc) is 3.08. The zero-order chi connectivity index (χ0) is 23.3. The molecule has 0 saturated carbocycles. The third kappa shape index (κ3) is 5.09. The molecule has 0 atom stereocenters. The molecule has 164 valence electrons. The first-order valence-corrected chi connectivity index (χ1v) is 10.6. The highest BCUT2D eigenvalue weighted by Crippen LogP contribution is 2.39. The lowest BCUT2D eigenvalue weighted by atomic mass is 10.1. The van der Waals surface area contributed by atoms with Crippen LogP contribution in [0.5, 0.6) is 0 Å². The molecule has 2 aromatic rings. The maximum absolute atomic E-state index is 12.6. The van der Waals surface area contributed by atoms with Gasteiger partial charge in [-0.1, -0.05) is 47.6 Å². The lowest BCUT2D eigenvalue weighted by molar-refractivity contribution is -0.138. The van der Waals surface area contributed by atoms with Crippen LogP contribution in [0.4, 0.5) is 0 Å². The molecule has 1 heterocycles. The number of carbonyl (C=O) groups excluding carboxylic acids is 3. The second-order valence-corrected chi connectivity index (χ2v) is 7.81. The Morgan fingerprint density at radius 3 is 2.41 bits per heavy atom. The molecule has 1 amide bonds. The van der Waals surface area contributed by atoms with Crippen molar-refractivity contribution in [3.63, 3.8) is 0 Å². The summed E-state index contributed by atoms with van der Waals surface area (Å²) in [6, 6.07) is 12.8. The van der Waals surface area contributed by atoms with Crippen molar-refractivity contribution in [3.8, 4) is 0 Å². The lowest BCUT2D eigenvalue weighted by Gasteiger charge is -2.04. The quantitative estimate of drug-likeness (QED) is 0.623. The van der Waals surface area contributed by atoms with Gasteiger partial charge < -0.3 is 14.6 Å². The molecule has 1 aliphatic rings. The van der Waals surface area contributed by atoms with E-state index in [1.54, 1.807) is 55.5 Å². The zero-order valence-electron chi connectivity index (χ0n) is 17.1. The Hall–Kier alpha value is -3.36. The summed E-state index contributed by atoms with van der Waals surface area (Å²) < 4.78 is 9.70. The van der Waals surface area contributed by atoms with Crippen molar-refractivity contribution in [1.29, 1.82) is 0 Å². The number of halogens is 1. The SMILES string of the molecule is CCOC(=O)C1=C(O)/C(=C/c2ccc(C(=O)OC)cc2)SC1=NC(=O)c1ccccc1Cl. The summed E-state index contributed by atoms with van der Waals surface area (Å²) in [4.78, 5) is 41.0. The number of benzene rings is 2. The molecule has 32 heavy (non-hydrogen) atoms. The molecule has 0 aliphatic carbocycles. The Labute approximate surface area is 193 Å². The third-order valence-electron chi connectivity index (χ3n) is 4.31. The highest BCUT2D eigenvalue weighted by Gasteiger charge is 2.34. The number of methoxy groups -OCH3 is 1. The van der Waals surface area contributed by atoms with Crippen molar-refractivity contribution in [1.82, 2.24) is 0 Å². The number of ether oxygens (including phenoxy) is 2. The van der Waals surface area contributed by atoms with E-state index in [1.165, 1.54) is 13.2 Å². The molecule has 0 unspecified atom stereocenters. The molecule has 0 bridgehead atoms. The second-order valence-electron chi connectivity index (χ2n) is 6.37. The number of hydrogen-bond donors (Lipinski definition) is 1. The van der Waals surface area contributed by atoms with Crippen LogP contribution < -0.4 is 0 Å². The van der Waals surface area contributed by atoms with Crippen LogP contribution in [-0.4, -0.2) is 41.7 Å². The highest BCUT2D eigenvalue weighted by atomic mass is 35.5. The molecule has 7 nitrogen and oxygen atoms in total. The Morgan fingerprint density at radius 1 is 1.09 bits per heavy atom. The van der Waals surface area contributed by atoms with E-state index in [9.17, 15) is 19.5 Å². The predicted molar refractivity (Wildman–Crippen MR) is 123 cm³/mol. The Bertz CT molecular complexity index is 1170. The minimum atomic E-state index is -0.798. The number of nitrogens with zero attached hydrogens (tertiary/aromatic N) is 1. The smallest absolute Gasteiger partial charge is 0.344 e. The van der Waals surface area contributed by atoms with Crippen molar-refractivity contribution in [2.24, 2.45) is 4.99 Å². The van der Waals surface area contributed by atoms with Crippen LogP contribution in [0.3, 0.4) is 0 Å². The number of rotatable bonds is 5. The monoisotopic (exact) mass is 471 g/mol. The zero-order valence-corrected chi connectivity index (χ0v) is 18.7. The van der Waals surface area contributed by atoms with Crippen LogP contribution in [0.25, 0.3) is 6.08 Å². The second kappa shape index (κ2) is 10.3. The summed E-state index contributed by atoms with van der Waals surface area (Å²) in [5, 5.41) is 10.9. The molecular weight excluding hydrogens is 454 g/mol. The van der Waals surface area contributed by atoms with Crippen LogP contribution in [0, 0.1) is 0 Å². The van der Waals surface area contributed by atoms with Crippen LogP contribution >= 0.6 is 23.4 Å². The molecule has 0 spiro atoms. The van der Waals surface area contributed by atoms with E-state index < -0.39 is 17.8 Å². The summed E-state index contributed by atoms with van der Waals surface area (Å²) in [6.07, 6.45) is 1.60. The Morgan fingerprint density at radius 2 is 1.78 bits per heavy atom. The van der Waals surface area contributed by atoms with Crippen molar-refractivity contribution in [3.05, 3.63) is 86.5 Å². The lowest BCUT2D eigenvalue weighted by Crippen LogP contribution is -2.14. The van der Waals surface area contributed by atoms with E-state index in [0.717, 1.165) is 11.8 Å². The van der Waals surface area contributed by atoms with Crippen molar-refractivity contribution >= 4 is 52.3 Å². The van der Waals surface area contributed by atoms with Crippen LogP contribution in [-0.2, 0) is 14.3 Å². The Balaban J connectivity index is 1.98. The number of hydrogen-bond acceptors (Lipinski definition) is 7. The molecule has 0 saturated heterocycles. The van der Waals surface area contributed by atoms with E-state index in [-0.39, 0.29) is 33.6 Å². The minimum absolute atomic E-state index is 0.00306. The molecular formula is C23H18ClNO6S. The number of aliphatic hydroxyl groups is 1. The summed E-state index contributed by atoms with van der Waals surface area (Å²) in [6.45, 7) is 1.71. The fraction of sp³-hybridized carbons (Fsp3) is 0.130. The number of aliphatic hydroxyl groups excluding tert-OH is 1. The van der Waals surface area contributed by atoms with Gasteiger partial charge in [0.05, 0.1) is 34.8 Å². The number of esters is 2. The highest BCUT2D eigenvalue weighted by molar-refractivity contribution is 8.18. The minimum Gasteiger partial charge on any atom is -0.506 e. The van der Waals surface area contributed by atoms with Gasteiger partial charge >= 0.3 is 11.9 Å². The normalized spacial score (nSPS) is 15.8. The van der Waals surface area contributed by atoms with Crippen molar-refractivity contribution in [2.75, 3.05) is 13.7 Å². The van der Waals surface area contributed by atoms with Gasteiger partial charge in [-0.3, -0.25) is 4.79 Å². The van der Waals surface area contributed by atoms with Gasteiger partial charge in [-0.25, -0.2) is 14.6 Å².